The van der Waals surface area contributed by atoms with Crippen LogP contribution in [-0.2, 0) is 24.1 Å². The first-order valence-corrected chi connectivity index (χ1v) is 12.1. The van der Waals surface area contributed by atoms with Crippen molar-refractivity contribution in [3.63, 3.8) is 0 Å². The van der Waals surface area contributed by atoms with Gasteiger partial charge in [-0.05, 0) is 61.0 Å². The number of nitrogens with zero attached hydrogens (tertiary/aromatic N) is 4. The maximum Gasteiger partial charge on any atom is 0.152 e. The van der Waals surface area contributed by atoms with Crippen LogP contribution in [0.1, 0.15) is 36.7 Å². The molecule has 0 saturated carbocycles. The van der Waals surface area contributed by atoms with Crippen molar-refractivity contribution in [1.82, 2.24) is 14.5 Å². The number of isothiocyanates is 1. The highest BCUT2D eigenvalue weighted by atomic mass is 32.1. The lowest BCUT2D eigenvalue weighted by molar-refractivity contribution is 0.145. The zero-order valence-corrected chi connectivity index (χ0v) is 20.5. The van der Waals surface area contributed by atoms with Gasteiger partial charge in [-0.15, -0.1) is 0 Å². The zero-order chi connectivity index (χ0) is 24.8. The van der Waals surface area contributed by atoms with Crippen molar-refractivity contribution in [2.75, 3.05) is 25.5 Å². The molecule has 0 spiro atoms. The lowest BCUT2D eigenvalue weighted by Gasteiger charge is -2.13. The summed E-state index contributed by atoms with van der Waals surface area (Å²) in [4.78, 5) is 13.3. The van der Waals surface area contributed by atoms with Gasteiger partial charge >= 0.3 is 0 Å². The number of rotatable bonds is 11. The van der Waals surface area contributed by atoms with Crippen LogP contribution in [0.2, 0.25) is 0 Å². The molecule has 8 nitrogen and oxygen atoms in total. The van der Waals surface area contributed by atoms with Crippen molar-refractivity contribution in [2.24, 2.45) is 4.99 Å². The predicted octanol–water partition coefficient (Wildman–Crippen LogP) is 4.63. The van der Waals surface area contributed by atoms with Crippen molar-refractivity contribution in [1.29, 1.82) is 0 Å². The highest BCUT2D eigenvalue weighted by Crippen LogP contribution is 2.32. The second-order valence-electron chi connectivity index (χ2n) is 8.41. The predicted molar refractivity (Wildman–Crippen MR) is 141 cm³/mol. The number of benzene rings is 2. The van der Waals surface area contributed by atoms with Crippen molar-refractivity contribution in [2.45, 2.75) is 39.2 Å². The fourth-order valence-electron chi connectivity index (χ4n) is 4.17. The Morgan fingerprint density at radius 2 is 1.97 bits per heavy atom. The number of pyridine rings is 1. The standard InChI is InChI=1S/C26H29N5O3S/c1-2-3-4-23-30-24-25(31(23)15-18-14-19(32)6-8-22(18)33)20-13-17(5-7-21(20)29-26(24)27)9-11-34-12-10-28-16-35/h5-8,13-14,32-33H,2-4,9-12,15H2,1H3,(H2,27,29). The summed E-state index contributed by atoms with van der Waals surface area (Å²) in [5, 5.41) is 23.7. The van der Waals surface area contributed by atoms with Crippen molar-refractivity contribution in [3.8, 4) is 11.5 Å². The van der Waals surface area contributed by atoms with Crippen LogP contribution in [0.25, 0.3) is 21.9 Å². The molecule has 0 amide bonds. The summed E-state index contributed by atoms with van der Waals surface area (Å²) >= 11 is 4.57. The van der Waals surface area contributed by atoms with Gasteiger partial charge in [0.1, 0.15) is 22.8 Å². The number of hydrogen-bond donors (Lipinski definition) is 3. The molecule has 4 rings (SSSR count). The molecule has 4 N–H and O–H groups in total. The number of aromatic hydroxyl groups is 2. The average Bonchev–Trinajstić information content (AvgIpc) is 3.21. The van der Waals surface area contributed by atoms with Crippen molar-refractivity contribution >= 4 is 45.1 Å². The number of imidazole rings is 1. The minimum absolute atomic E-state index is 0.0990. The molecule has 35 heavy (non-hydrogen) atoms. The lowest BCUT2D eigenvalue weighted by atomic mass is 10.1. The number of aryl methyl sites for hydroxylation is 1. The SMILES string of the molecule is CCCCc1nc2c(N)nc3ccc(CCOCCN=C=S)cc3c2n1Cc1cc(O)ccc1O. The number of unbranched alkanes of at least 4 members (excludes halogenated alkanes) is 1. The van der Waals surface area contributed by atoms with Crippen LogP contribution in [0.4, 0.5) is 5.82 Å². The quantitative estimate of drug-likeness (QED) is 0.121. The fourth-order valence-corrected chi connectivity index (χ4v) is 4.26. The summed E-state index contributed by atoms with van der Waals surface area (Å²) in [6.45, 7) is 4.05. The molecule has 0 fully saturated rings. The van der Waals surface area contributed by atoms with Gasteiger partial charge in [-0.3, -0.25) is 0 Å². The molecule has 0 saturated heterocycles. The molecule has 2 heterocycles. The minimum Gasteiger partial charge on any atom is -0.508 e. The monoisotopic (exact) mass is 491 g/mol. The van der Waals surface area contributed by atoms with E-state index in [1.54, 1.807) is 6.07 Å². The van der Waals surface area contributed by atoms with E-state index in [-0.39, 0.29) is 11.5 Å². The third kappa shape index (κ3) is 5.59. The second kappa shape index (κ2) is 11.3. The van der Waals surface area contributed by atoms with Gasteiger partial charge in [0, 0.05) is 17.4 Å². The van der Waals surface area contributed by atoms with Crippen LogP contribution in [0.15, 0.2) is 41.4 Å². The molecule has 0 aliphatic heterocycles. The molecule has 2 aromatic carbocycles. The fraction of sp³-hybridized carbons (Fsp3) is 0.346. The van der Waals surface area contributed by atoms with E-state index in [4.69, 9.17) is 15.5 Å². The number of nitrogen functional groups attached to an aromatic ring is 1. The first-order chi connectivity index (χ1) is 17.0. The highest BCUT2D eigenvalue weighted by molar-refractivity contribution is 7.78. The van der Waals surface area contributed by atoms with E-state index in [1.807, 2.05) is 12.1 Å². The van der Waals surface area contributed by atoms with E-state index in [2.05, 4.69) is 44.9 Å². The Labute approximate surface area is 209 Å². The first kappa shape index (κ1) is 24.6. The maximum absolute atomic E-state index is 10.4. The normalized spacial score (nSPS) is 11.2. The summed E-state index contributed by atoms with van der Waals surface area (Å²) in [5.74, 6) is 1.47. The van der Waals surface area contributed by atoms with Crippen LogP contribution in [0, 0.1) is 0 Å². The number of nitrogens with two attached hydrogens (primary N) is 1. The van der Waals surface area contributed by atoms with E-state index in [0.29, 0.717) is 43.2 Å². The van der Waals surface area contributed by atoms with Gasteiger partial charge in [0.2, 0.25) is 0 Å². The van der Waals surface area contributed by atoms with Gasteiger partial charge in [0.25, 0.3) is 0 Å². The molecule has 2 aromatic heterocycles. The number of aliphatic imine (C=N–C) groups is 1. The molecule has 182 valence electrons. The van der Waals surface area contributed by atoms with Gasteiger partial charge in [-0.2, -0.15) is 0 Å². The molecule has 0 aliphatic rings. The molecule has 0 radical (unpaired) electrons. The molecule has 0 unspecified atom stereocenters. The van der Waals surface area contributed by atoms with Gasteiger partial charge in [-0.1, -0.05) is 19.4 Å². The minimum atomic E-state index is 0.0990. The molecule has 4 aromatic rings. The van der Waals surface area contributed by atoms with Crippen LogP contribution >= 0.6 is 12.2 Å². The lowest BCUT2D eigenvalue weighted by Crippen LogP contribution is -2.06. The number of anilines is 1. The van der Waals surface area contributed by atoms with Crippen molar-refractivity contribution in [3.05, 3.63) is 53.3 Å². The van der Waals surface area contributed by atoms with E-state index in [1.165, 1.54) is 12.1 Å². The summed E-state index contributed by atoms with van der Waals surface area (Å²) in [6, 6.07) is 10.6. The maximum atomic E-state index is 10.4. The smallest absolute Gasteiger partial charge is 0.152 e. The van der Waals surface area contributed by atoms with Crippen LogP contribution in [0.5, 0.6) is 11.5 Å². The van der Waals surface area contributed by atoms with Gasteiger partial charge in [0.05, 0.1) is 42.5 Å². The summed E-state index contributed by atoms with van der Waals surface area (Å²) in [5.41, 5.74) is 10.3. The Morgan fingerprint density at radius 1 is 1.11 bits per heavy atom. The number of phenols is 2. The number of thiocarbonyl (C=S) groups is 1. The topological polar surface area (TPSA) is 119 Å². The van der Waals surface area contributed by atoms with Crippen LogP contribution in [-0.4, -0.2) is 49.7 Å². The third-order valence-corrected chi connectivity index (χ3v) is 6.07. The molecule has 0 bridgehead atoms. The summed E-state index contributed by atoms with van der Waals surface area (Å²) in [6.07, 6.45) is 3.49. The average molecular weight is 492 g/mol. The number of ether oxygens (including phenoxy) is 1. The Morgan fingerprint density at radius 3 is 2.77 bits per heavy atom. The van der Waals surface area contributed by atoms with Gasteiger partial charge < -0.3 is 25.3 Å². The Hall–Kier alpha value is -3.52. The molecular formula is C26H29N5O3S. The van der Waals surface area contributed by atoms with Gasteiger partial charge in [-0.25, -0.2) is 15.0 Å². The number of aromatic nitrogens is 3. The number of fused-ring (bicyclic) bond motifs is 3. The summed E-state index contributed by atoms with van der Waals surface area (Å²) in [7, 11) is 0. The zero-order valence-electron chi connectivity index (χ0n) is 19.7. The molecule has 0 atom stereocenters. The highest BCUT2D eigenvalue weighted by Gasteiger charge is 2.19. The van der Waals surface area contributed by atoms with Crippen LogP contribution < -0.4 is 5.73 Å². The largest absolute Gasteiger partial charge is 0.508 e. The third-order valence-electron chi connectivity index (χ3n) is 5.94. The van der Waals surface area contributed by atoms with E-state index in [9.17, 15) is 10.2 Å². The first-order valence-electron chi connectivity index (χ1n) is 11.7. The Bertz CT molecular complexity index is 1400. The number of hydrogen-bond acceptors (Lipinski definition) is 8. The van der Waals surface area contributed by atoms with E-state index < -0.39 is 0 Å². The second-order valence-corrected chi connectivity index (χ2v) is 8.59. The number of phenolic OH excluding ortho intramolecular Hbond substituents is 2. The Balaban J connectivity index is 1.78. The van der Waals surface area contributed by atoms with E-state index >= 15 is 0 Å². The van der Waals surface area contributed by atoms with E-state index in [0.717, 1.165) is 53.5 Å². The van der Waals surface area contributed by atoms with Crippen molar-refractivity contribution < 1.29 is 14.9 Å². The Kier molecular flexibility index (Phi) is 7.92. The van der Waals surface area contributed by atoms with Gasteiger partial charge in [0.15, 0.2) is 5.82 Å². The molecule has 9 heteroatoms. The summed E-state index contributed by atoms with van der Waals surface area (Å²) < 4.78 is 7.74. The van der Waals surface area contributed by atoms with Crippen LogP contribution in [0.3, 0.4) is 0 Å². The molecular weight excluding hydrogens is 462 g/mol. The molecule has 0 aliphatic carbocycles.